The first-order valence-electron chi connectivity index (χ1n) is 7.54. The van der Waals surface area contributed by atoms with E-state index in [0.717, 1.165) is 11.3 Å². The van der Waals surface area contributed by atoms with Crippen molar-refractivity contribution in [1.29, 1.82) is 0 Å². The Kier molecular flexibility index (Phi) is 4.02. The molecule has 3 rings (SSSR count). The van der Waals surface area contributed by atoms with E-state index >= 15 is 0 Å². The molecule has 0 bridgehead atoms. The van der Waals surface area contributed by atoms with E-state index in [9.17, 15) is 9.59 Å². The van der Waals surface area contributed by atoms with Gasteiger partial charge in [0.1, 0.15) is 12.3 Å². The van der Waals surface area contributed by atoms with Gasteiger partial charge in [-0.15, -0.1) is 0 Å². The standard InChI is InChI=1S/C18H18N2O3/c1-3-23-16-9-8-13(10-12(16)2)18(22)20-11-17(21)19-14-6-4-5-7-15(14)20/h4-10H,3,11H2,1-2H3,(H,19,21). The first kappa shape index (κ1) is 15.1. The van der Waals surface area contributed by atoms with Crippen LogP contribution in [0.15, 0.2) is 42.5 Å². The molecule has 1 N–H and O–H groups in total. The lowest BCUT2D eigenvalue weighted by Gasteiger charge is -2.29. The number of fused-ring (bicyclic) bond motifs is 1. The van der Waals surface area contributed by atoms with E-state index in [1.165, 1.54) is 4.90 Å². The number of anilines is 2. The van der Waals surface area contributed by atoms with Gasteiger partial charge in [0.05, 0.1) is 18.0 Å². The summed E-state index contributed by atoms with van der Waals surface area (Å²) in [5.41, 5.74) is 2.80. The second-order valence-electron chi connectivity index (χ2n) is 5.37. The number of carbonyl (C=O) groups is 2. The molecule has 1 aliphatic rings. The van der Waals surface area contributed by atoms with Crippen LogP contribution < -0.4 is 15.0 Å². The number of amides is 2. The number of benzene rings is 2. The normalized spacial score (nSPS) is 13.3. The van der Waals surface area contributed by atoms with Crippen LogP contribution in [0.1, 0.15) is 22.8 Å². The van der Waals surface area contributed by atoms with Crippen molar-refractivity contribution in [2.75, 3.05) is 23.4 Å². The summed E-state index contributed by atoms with van der Waals surface area (Å²) < 4.78 is 5.50. The Morgan fingerprint density at radius 3 is 2.78 bits per heavy atom. The molecule has 0 atom stereocenters. The SMILES string of the molecule is CCOc1ccc(C(=O)N2CC(=O)Nc3ccccc32)cc1C. The van der Waals surface area contributed by atoms with Crippen molar-refractivity contribution in [3.8, 4) is 5.75 Å². The molecule has 1 heterocycles. The third-order valence-corrected chi connectivity index (χ3v) is 3.74. The van der Waals surface area contributed by atoms with Crippen LogP contribution in [0.5, 0.6) is 5.75 Å². The van der Waals surface area contributed by atoms with Crippen molar-refractivity contribution in [2.24, 2.45) is 0 Å². The Hall–Kier alpha value is -2.82. The summed E-state index contributed by atoms with van der Waals surface area (Å²) in [4.78, 5) is 26.2. The Labute approximate surface area is 134 Å². The van der Waals surface area contributed by atoms with Gasteiger partial charge in [0.2, 0.25) is 5.91 Å². The molecule has 0 aliphatic carbocycles. The van der Waals surface area contributed by atoms with Gasteiger partial charge in [-0.3, -0.25) is 14.5 Å². The number of aryl methyl sites for hydroxylation is 1. The van der Waals surface area contributed by atoms with Gasteiger partial charge in [0.25, 0.3) is 5.91 Å². The summed E-state index contributed by atoms with van der Waals surface area (Å²) >= 11 is 0. The highest BCUT2D eigenvalue weighted by atomic mass is 16.5. The maximum absolute atomic E-state index is 12.8. The molecule has 5 heteroatoms. The van der Waals surface area contributed by atoms with Crippen LogP contribution in [0.2, 0.25) is 0 Å². The van der Waals surface area contributed by atoms with Crippen LogP contribution in [0.25, 0.3) is 0 Å². The van der Waals surface area contributed by atoms with E-state index < -0.39 is 0 Å². The lowest BCUT2D eigenvalue weighted by molar-refractivity contribution is -0.115. The predicted molar refractivity (Wildman–Crippen MR) is 89.1 cm³/mol. The molecular weight excluding hydrogens is 292 g/mol. The second-order valence-corrected chi connectivity index (χ2v) is 5.37. The quantitative estimate of drug-likeness (QED) is 0.948. The molecule has 0 saturated heterocycles. The summed E-state index contributed by atoms with van der Waals surface area (Å²) in [6.45, 7) is 4.41. The highest BCUT2D eigenvalue weighted by molar-refractivity contribution is 6.15. The summed E-state index contributed by atoms with van der Waals surface area (Å²) in [7, 11) is 0. The van der Waals surface area contributed by atoms with Gasteiger partial charge < -0.3 is 10.1 Å². The molecule has 0 aromatic heterocycles. The predicted octanol–water partition coefficient (Wildman–Crippen LogP) is 2.99. The maximum Gasteiger partial charge on any atom is 0.258 e. The highest BCUT2D eigenvalue weighted by Crippen LogP contribution is 2.30. The molecule has 118 valence electrons. The van der Waals surface area contributed by atoms with Gasteiger partial charge in [-0.1, -0.05) is 12.1 Å². The molecule has 0 radical (unpaired) electrons. The van der Waals surface area contributed by atoms with E-state index in [4.69, 9.17) is 4.74 Å². The van der Waals surface area contributed by atoms with Gasteiger partial charge in [-0.05, 0) is 49.7 Å². The fourth-order valence-corrected chi connectivity index (χ4v) is 2.67. The molecular formula is C18H18N2O3. The number of hydrogen-bond acceptors (Lipinski definition) is 3. The summed E-state index contributed by atoms with van der Waals surface area (Å²) in [5.74, 6) is 0.374. The molecule has 2 aromatic rings. The van der Waals surface area contributed by atoms with Crippen LogP contribution in [-0.4, -0.2) is 25.0 Å². The maximum atomic E-state index is 12.8. The van der Waals surface area contributed by atoms with Crippen molar-refractivity contribution in [3.05, 3.63) is 53.6 Å². The minimum Gasteiger partial charge on any atom is -0.494 e. The molecule has 5 nitrogen and oxygen atoms in total. The summed E-state index contributed by atoms with van der Waals surface area (Å²) in [6, 6.07) is 12.6. The van der Waals surface area contributed by atoms with E-state index in [0.29, 0.717) is 23.5 Å². The molecule has 2 aromatic carbocycles. The Morgan fingerprint density at radius 2 is 2.04 bits per heavy atom. The van der Waals surface area contributed by atoms with Crippen molar-refractivity contribution in [1.82, 2.24) is 0 Å². The zero-order valence-corrected chi connectivity index (χ0v) is 13.1. The zero-order valence-electron chi connectivity index (χ0n) is 13.1. The number of nitrogens with zero attached hydrogens (tertiary/aromatic N) is 1. The average Bonchev–Trinajstić information content (AvgIpc) is 2.55. The number of nitrogens with one attached hydrogen (secondary N) is 1. The molecule has 0 saturated carbocycles. The third-order valence-electron chi connectivity index (χ3n) is 3.74. The third kappa shape index (κ3) is 2.90. The summed E-state index contributed by atoms with van der Waals surface area (Å²) in [6.07, 6.45) is 0. The molecule has 0 fully saturated rings. The number of para-hydroxylation sites is 2. The second kappa shape index (κ2) is 6.12. The molecule has 23 heavy (non-hydrogen) atoms. The summed E-state index contributed by atoms with van der Waals surface area (Å²) in [5, 5.41) is 2.78. The largest absolute Gasteiger partial charge is 0.494 e. The first-order chi connectivity index (χ1) is 11.1. The lowest BCUT2D eigenvalue weighted by atomic mass is 10.1. The fraction of sp³-hybridized carbons (Fsp3) is 0.222. The van der Waals surface area contributed by atoms with Crippen molar-refractivity contribution in [3.63, 3.8) is 0 Å². The van der Waals surface area contributed by atoms with Crippen molar-refractivity contribution < 1.29 is 14.3 Å². The molecule has 1 aliphatic heterocycles. The van der Waals surface area contributed by atoms with Crippen LogP contribution in [-0.2, 0) is 4.79 Å². The Bertz CT molecular complexity index is 771. The molecule has 0 spiro atoms. The monoisotopic (exact) mass is 310 g/mol. The average molecular weight is 310 g/mol. The van der Waals surface area contributed by atoms with Crippen molar-refractivity contribution in [2.45, 2.75) is 13.8 Å². The van der Waals surface area contributed by atoms with E-state index in [1.807, 2.05) is 32.0 Å². The van der Waals surface area contributed by atoms with Crippen LogP contribution in [0, 0.1) is 6.92 Å². The topological polar surface area (TPSA) is 58.6 Å². The first-order valence-corrected chi connectivity index (χ1v) is 7.54. The lowest BCUT2D eigenvalue weighted by Crippen LogP contribution is -2.42. The Balaban J connectivity index is 1.94. The van der Waals surface area contributed by atoms with Crippen LogP contribution in [0.4, 0.5) is 11.4 Å². The van der Waals surface area contributed by atoms with Gasteiger partial charge >= 0.3 is 0 Å². The van der Waals surface area contributed by atoms with Crippen LogP contribution >= 0.6 is 0 Å². The van der Waals surface area contributed by atoms with E-state index in [1.54, 1.807) is 24.3 Å². The van der Waals surface area contributed by atoms with E-state index in [-0.39, 0.29) is 18.4 Å². The molecule has 0 unspecified atom stereocenters. The minimum atomic E-state index is -0.196. The fourth-order valence-electron chi connectivity index (χ4n) is 2.67. The highest BCUT2D eigenvalue weighted by Gasteiger charge is 2.27. The number of carbonyl (C=O) groups excluding carboxylic acids is 2. The van der Waals surface area contributed by atoms with Gasteiger partial charge in [-0.25, -0.2) is 0 Å². The van der Waals surface area contributed by atoms with E-state index in [2.05, 4.69) is 5.32 Å². The molecule has 2 amide bonds. The smallest absolute Gasteiger partial charge is 0.258 e. The van der Waals surface area contributed by atoms with Gasteiger partial charge in [-0.2, -0.15) is 0 Å². The zero-order chi connectivity index (χ0) is 16.4. The number of rotatable bonds is 3. The van der Waals surface area contributed by atoms with Crippen LogP contribution in [0.3, 0.4) is 0 Å². The Morgan fingerprint density at radius 1 is 1.26 bits per heavy atom. The van der Waals surface area contributed by atoms with Crippen molar-refractivity contribution >= 4 is 23.2 Å². The number of hydrogen-bond donors (Lipinski definition) is 1. The van der Waals surface area contributed by atoms with Gasteiger partial charge in [0.15, 0.2) is 0 Å². The minimum absolute atomic E-state index is 0.0160. The van der Waals surface area contributed by atoms with Gasteiger partial charge in [0, 0.05) is 5.56 Å². The number of ether oxygens (including phenoxy) is 1.